The number of furan rings is 1. The maximum absolute atomic E-state index is 13.0. The second kappa shape index (κ2) is 6.39. The molecule has 0 aliphatic heterocycles. The molecule has 1 N–H and O–H groups in total. The number of carbonyl (C=O) groups is 1. The number of aromatic amines is 1. The van der Waals surface area contributed by atoms with E-state index in [1.54, 1.807) is 4.90 Å². The Bertz CT molecular complexity index is 922. The zero-order valence-electron chi connectivity index (χ0n) is 14.8. The number of nitrogens with zero attached hydrogens (tertiary/aromatic N) is 2. The number of H-pyrrole nitrogens is 1. The van der Waals surface area contributed by atoms with E-state index in [1.807, 2.05) is 25.2 Å². The molecule has 0 saturated heterocycles. The minimum atomic E-state index is -0.0215. The molecule has 2 aromatic heterocycles. The lowest BCUT2D eigenvalue weighted by Crippen LogP contribution is -2.28. The number of hydrogen-bond donors (Lipinski definition) is 1. The van der Waals surface area contributed by atoms with Crippen LogP contribution in [0.1, 0.15) is 52.8 Å². The molecule has 0 saturated carbocycles. The predicted molar refractivity (Wildman–Crippen MR) is 96.6 cm³/mol. The Labute approximate surface area is 147 Å². The van der Waals surface area contributed by atoms with Crippen LogP contribution in [0.25, 0.3) is 11.0 Å². The lowest BCUT2D eigenvalue weighted by molar-refractivity contribution is 0.0778. The summed E-state index contributed by atoms with van der Waals surface area (Å²) in [6.45, 7) is 2.60. The summed E-state index contributed by atoms with van der Waals surface area (Å²) in [7, 11) is 1.84. The van der Waals surface area contributed by atoms with Gasteiger partial charge in [-0.05, 0) is 31.7 Å². The average Bonchev–Trinajstić information content (AvgIpc) is 3.22. The summed E-state index contributed by atoms with van der Waals surface area (Å²) in [5, 5.41) is 8.46. The first-order valence-electron chi connectivity index (χ1n) is 9.00. The molecule has 1 aliphatic carbocycles. The van der Waals surface area contributed by atoms with Crippen LogP contribution in [0.4, 0.5) is 0 Å². The lowest BCUT2D eigenvalue weighted by atomic mass is 9.95. The van der Waals surface area contributed by atoms with E-state index >= 15 is 0 Å². The standard InChI is InChI=1S/C20H23N3O2/c1-3-17-15(13-8-5-7-11-18(13)25-17)12-23(2)20(24)19-14-9-4-6-10-16(14)21-22-19/h5,7-8,11H,3-4,6,9-10,12H2,1-2H3,(H,21,22). The molecule has 3 aromatic rings. The molecule has 0 radical (unpaired) electrons. The van der Waals surface area contributed by atoms with Crippen LogP contribution < -0.4 is 0 Å². The van der Waals surface area contributed by atoms with Gasteiger partial charge >= 0.3 is 0 Å². The molecule has 5 heteroatoms. The number of para-hydroxylation sites is 1. The van der Waals surface area contributed by atoms with Crippen LogP contribution in [-0.4, -0.2) is 28.1 Å². The summed E-state index contributed by atoms with van der Waals surface area (Å²) < 4.78 is 5.95. The molecule has 5 nitrogen and oxygen atoms in total. The van der Waals surface area contributed by atoms with Crippen molar-refractivity contribution in [2.24, 2.45) is 0 Å². The molecule has 0 bridgehead atoms. The van der Waals surface area contributed by atoms with Gasteiger partial charge in [-0.2, -0.15) is 5.10 Å². The van der Waals surface area contributed by atoms with Gasteiger partial charge in [0.05, 0.1) is 0 Å². The van der Waals surface area contributed by atoms with Crippen molar-refractivity contribution < 1.29 is 9.21 Å². The Morgan fingerprint density at radius 1 is 1.28 bits per heavy atom. The lowest BCUT2D eigenvalue weighted by Gasteiger charge is -2.18. The highest BCUT2D eigenvalue weighted by molar-refractivity contribution is 5.94. The van der Waals surface area contributed by atoms with Crippen molar-refractivity contribution >= 4 is 16.9 Å². The normalized spacial score (nSPS) is 13.8. The van der Waals surface area contributed by atoms with Crippen molar-refractivity contribution in [3.05, 3.63) is 52.5 Å². The van der Waals surface area contributed by atoms with Gasteiger partial charge in [-0.25, -0.2) is 0 Å². The average molecular weight is 337 g/mol. The maximum atomic E-state index is 13.0. The molecule has 0 spiro atoms. The Hall–Kier alpha value is -2.56. The minimum Gasteiger partial charge on any atom is -0.461 e. The first-order chi connectivity index (χ1) is 12.2. The number of rotatable bonds is 4. The zero-order valence-corrected chi connectivity index (χ0v) is 14.8. The third kappa shape index (κ3) is 2.73. The van der Waals surface area contributed by atoms with Gasteiger partial charge in [0.15, 0.2) is 5.69 Å². The Kier molecular flexibility index (Phi) is 4.07. The first kappa shape index (κ1) is 15.9. The third-order valence-electron chi connectivity index (χ3n) is 5.10. The zero-order chi connectivity index (χ0) is 17.4. The number of hydrogen-bond acceptors (Lipinski definition) is 3. The number of benzene rings is 1. The molecule has 0 unspecified atom stereocenters. The fourth-order valence-electron chi connectivity index (χ4n) is 3.76. The molecular formula is C20H23N3O2. The molecule has 4 rings (SSSR count). The fraction of sp³-hybridized carbons (Fsp3) is 0.400. The van der Waals surface area contributed by atoms with Gasteiger partial charge in [0.2, 0.25) is 0 Å². The van der Waals surface area contributed by atoms with Crippen molar-refractivity contribution in [3.8, 4) is 0 Å². The van der Waals surface area contributed by atoms with Crippen molar-refractivity contribution in [2.75, 3.05) is 7.05 Å². The van der Waals surface area contributed by atoms with Crippen LogP contribution in [0.2, 0.25) is 0 Å². The first-order valence-corrected chi connectivity index (χ1v) is 9.00. The number of aryl methyl sites for hydroxylation is 2. The maximum Gasteiger partial charge on any atom is 0.274 e. The molecule has 130 valence electrons. The van der Waals surface area contributed by atoms with Crippen LogP contribution in [0.15, 0.2) is 28.7 Å². The number of carbonyl (C=O) groups excluding carboxylic acids is 1. The summed E-state index contributed by atoms with van der Waals surface area (Å²) in [6, 6.07) is 8.01. The van der Waals surface area contributed by atoms with E-state index < -0.39 is 0 Å². The number of fused-ring (bicyclic) bond motifs is 2. The van der Waals surface area contributed by atoms with Gasteiger partial charge < -0.3 is 9.32 Å². The van der Waals surface area contributed by atoms with Crippen LogP contribution in [0.5, 0.6) is 0 Å². The Morgan fingerprint density at radius 3 is 2.92 bits per heavy atom. The van der Waals surface area contributed by atoms with Gasteiger partial charge in [-0.3, -0.25) is 9.89 Å². The molecular weight excluding hydrogens is 314 g/mol. The van der Waals surface area contributed by atoms with E-state index in [0.717, 1.165) is 59.2 Å². The van der Waals surface area contributed by atoms with Crippen LogP contribution >= 0.6 is 0 Å². The molecule has 25 heavy (non-hydrogen) atoms. The van der Waals surface area contributed by atoms with Gasteiger partial charge in [-0.1, -0.05) is 25.1 Å². The number of amides is 1. The monoisotopic (exact) mass is 337 g/mol. The van der Waals surface area contributed by atoms with E-state index in [2.05, 4.69) is 23.2 Å². The Balaban J connectivity index is 1.63. The van der Waals surface area contributed by atoms with Crippen molar-refractivity contribution in [2.45, 2.75) is 45.6 Å². The van der Waals surface area contributed by atoms with Crippen molar-refractivity contribution in [1.82, 2.24) is 15.1 Å². The summed E-state index contributed by atoms with van der Waals surface area (Å²) in [4.78, 5) is 14.7. The summed E-state index contributed by atoms with van der Waals surface area (Å²) in [5.41, 5.74) is 4.80. The highest BCUT2D eigenvalue weighted by Crippen LogP contribution is 2.28. The molecule has 0 fully saturated rings. The largest absolute Gasteiger partial charge is 0.461 e. The molecule has 2 heterocycles. The van der Waals surface area contributed by atoms with Gasteiger partial charge in [0.1, 0.15) is 11.3 Å². The van der Waals surface area contributed by atoms with Crippen LogP contribution in [0.3, 0.4) is 0 Å². The highest BCUT2D eigenvalue weighted by Gasteiger charge is 2.25. The second-order valence-electron chi connectivity index (χ2n) is 6.75. The summed E-state index contributed by atoms with van der Waals surface area (Å²) in [5.74, 6) is 0.927. The topological polar surface area (TPSA) is 62.1 Å². The van der Waals surface area contributed by atoms with E-state index in [9.17, 15) is 4.79 Å². The molecule has 0 atom stereocenters. The summed E-state index contributed by atoms with van der Waals surface area (Å²) in [6.07, 6.45) is 5.04. The van der Waals surface area contributed by atoms with E-state index in [0.29, 0.717) is 12.2 Å². The molecule has 1 aliphatic rings. The smallest absolute Gasteiger partial charge is 0.274 e. The van der Waals surface area contributed by atoms with Crippen molar-refractivity contribution in [3.63, 3.8) is 0 Å². The van der Waals surface area contributed by atoms with E-state index in [-0.39, 0.29) is 5.91 Å². The quantitative estimate of drug-likeness (QED) is 0.786. The molecule has 1 aromatic carbocycles. The molecule has 1 amide bonds. The van der Waals surface area contributed by atoms with Gasteiger partial charge in [0.25, 0.3) is 5.91 Å². The van der Waals surface area contributed by atoms with Gasteiger partial charge in [0, 0.05) is 42.2 Å². The number of aromatic nitrogens is 2. The third-order valence-corrected chi connectivity index (χ3v) is 5.10. The SMILES string of the molecule is CCc1oc2ccccc2c1CN(C)C(=O)c1n[nH]c2c1CCCC2. The Morgan fingerprint density at radius 2 is 2.08 bits per heavy atom. The fourth-order valence-corrected chi connectivity index (χ4v) is 3.76. The van der Waals surface area contributed by atoms with Crippen LogP contribution in [0, 0.1) is 0 Å². The second-order valence-corrected chi connectivity index (χ2v) is 6.75. The predicted octanol–water partition coefficient (Wildman–Crippen LogP) is 3.87. The summed E-state index contributed by atoms with van der Waals surface area (Å²) >= 11 is 0. The van der Waals surface area contributed by atoms with E-state index in [4.69, 9.17) is 4.42 Å². The van der Waals surface area contributed by atoms with Crippen molar-refractivity contribution in [1.29, 1.82) is 0 Å². The highest BCUT2D eigenvalue weighted by atomic mass is 16.3. The van der Waals surface area contributed by atoms with Gasteiger partial charge in [-0.15, -0.1) is 0 Å². The number of nitrogens with one attached hydrogen (secondary N) is 1. The van der Waals surface area contributed by atoms with E-state index in [1.165, 1.54) is 6.42 Å². The van der Waals surface area contributed by atoms with Crippen LogP contribution in [-0.2, 0) is 25.8 Å². The minimum absolute atomic E-state index is 0.0215.